The fraction of sp³-hybridized carbons (Fsp3) is 0.909. The first kappa shape index (κ1) is 41.4. The molecule has 246 valence electrons. The summed E-state index contributed by atoms with van der Waals surface area (Å²) in [6.45, 7) is 17.4. The SMILES string of the molecule is CC(C)C1CCC(C)(C(=O)[O-])CC1O.CC(C)C1CCC(C)(C(=O)[O-])CC1O.CC(C)C1CCC(C)(C(=O)[O-])CC1O.[B+3]. The summed E-state index contributed by atoms with van der Waals surface area (Å²) in [4.78, 5) is 32.6. The van der Waals surface area contributed by atoms with Crippen molar-refractivity contribution >= 4 is 26.3 Å². The molecular formula is C33H57BO9. The van der Waals surface area contributed by atoms with Gasteiger partial charge in [-0.25, -0.2) is 0 Å². The average molecular weight is 609 g/mol. The molecule has 0 amide bonds. The summed E-state index contributed by atoms with van der Waals surface area (Å²) in [5.41, 5.74) is -2.49. The standard InChI is InChI=1S/3C11H20O3.B/c3*1-7(2)8-4-5-11(3,10(13)14)6-9(8)12;/h3*7-9,12H,4-6H2,1-3H3,(H,13,14);/q;;;+3/p-3. The third kappa shape index (κ3) is 11.0. The molecule has 9 nitrogen and oxygen atoms in total. The van der Waals surface area contributed by atoms with Crippen LogP contribution in [0, 0.1) is 51.8 Å². The first-order valence-electron chi connectivity index (χ1n) is 15.8. The molecule has 0 radical (unpaired) electrons. The number of aliphatic hydroxyl groups excluding tert-OH is 3. The third-order valence-corrected chi connectivity index (χ3v) is 10.6. The fourth-order valence-corrected chi connectivity index (χ4v) is 7.07. The molecule has 43 heavy (non-hydrogen) atoms. The summed E-state index contributed by atoms with van der Waals surface area (Å²) < 4.78 is 0. The number of aliphatic hydroxyl groups is 3. The van der Waals surface area contributed by atoms with Crippen LogP contribution in [0.25, 0.3) is 0 Å². The van der Waals surface area contributed by atoms with Gasteiger partial charge in [-0.15, -0.1) is 0 Å². The van der Waals surface area contributed by atoms with Crippen molar-refractivity contribution in [1.82, 2.24) is 0 Å². The Hall–Kier alpha value is -1.65. The van der Waals surface area contributed by atoms with Gasteiger partial charge in [0.15, 0.2) is 0 Å². The maximum absolute atomic E-state index is 10.9. The van der Waals surface area contributed by atoms with Gasteiger partial charge in [-0.3, -0.25) is 0 Å². The van der Waals surface area contributed by atoms with E-state index >= 15 is 0 Å². The number of hydrogen-bond donors (Lipinski definition) is 3. The minimum atomic E-state index is -1.03. The summed E-state index contributed by atoms with van der Waals surface area (Å²) >= 11 is 0. The molecule has 3 aliphatic rings. The molecule has 0 aromatic heterocycles. The van der Waals surface area contributed by atoms with E-state index in [1.807, 2.05) is 0 Å². The summed E-state index contributed by atoms with van der Waals surface area (Å²) in [5, 5.41) is 62.1. The molecule has 0 aromatic rings. The van der Waals surface area contributed by atoms with Crippen molar-refractivity contribution in [2.24, 2.45) is 51.8 Å². The summed E-state index contributed by atoms with van der Waals surface area (Å²) in [7, 11) is 0. The largest absolute Gasteiger partial charge is 3.00 e. The third-order valence-electron chi connectivity index (χ3n) is 10.6. The Kier molecular flexibility index (Phi) is 16.0. The van der Waals surface area contributed by atoms with Crippen molar-refractivity contribution in [2.75, 3.05) is 0 Å². The number of hydrogen-bond acceptors (Lipinski definition) is 9. The Balaban J connectivity index is 0.000000608. The molecule has 3 fully saturated rings. The predicted octanol–water partition coefficient (Wildman–Crippen LogP) is 1.30. The molecule has 3 saturated carbocycles. The summed E-state index contributed by atoms with van der Waals surface area (Å²) in [5.74, 6) is -1.13. The van der Waals surface area contributed by atoms with Gasteiger partial charge in [0.2, 0.25) is 0 Å². The second-order valence-corrected chi connectivity index (χ2v) is 15.2. The van der Waals surface area contributed by atoms with Crippen LogP contribution in [0.2, 0.25) is 0 Å². The van der Waals surface area contributed by atoms with Gasteiger partial charge in [0.1, 0.15) is 0 Å². The Morgan fingerprint density at radius 3 is 0.837 bits per heavy atom. The number of carbonyl (C=O) groups is 3. The van der Waals surface area contributed by atoms with Gasteiger partial charge in [-0.05, 0) is 93.3 Å². The maximum Gasteiger partial charge on any atom is 3.00 e. The molecule has 0 aromatic carbocycles. The van der Waals surface area contributed by atoms with E-state index in [4.69, 9.17) is 0 Å². The first-order valence-corrected chi connectivity index (χ1v) is 15.8. The zero-order valence-electron chi connectivity index (χ0n) is 27.9. The molecule has 0 saturated heterocycles. The minimum Gasteiger partial charge on any atom is -0.550 e. The van der Waals surface area contributed by atoms with Crippen LogP contribution >= 0.6 is 0 Å². The number of carboxylic acids is 3. The Labute approximate surface area is 261 Å². The van der Waals surface area contributed by atoms with Crippen molar-refractivity contribution in [3.05, 3.63) is 0 Å². The van der Waals surface area contributed by atoms with Crippen molar-refractivity contribution in [1.29, 1.82) is 0 Å². The normalized spacial score (nSPS) is 37.7. The molecule has 0 heterocycles. The molecule has 9 atom stereocenters. The van der Waals surface area contributed by atoms with Gasteiger partial charge in [-0.1, -0.05) is 62.3 Å². The molecule has 3 rings (SSSR count). The number of carbonyl (C=O) groups excluding carboxylic acids is 3. The first-order chi connectivity index (χ1) is 19.1. The van der Waals surface area contributed by atoms with Crippen LogP contribution in [-0.4, -0.2) is 60.0 Å². The molecule has 0 bridgehead atoms. The van der Waals surface area contributed by atoms with Crippen LogP contribution in [0.1, 0.15) is 120 Å². The number of rotatable bonds is 6. The zero-order valence-corrected chi connectivity index (χ0v) is 27.9. The molecule has 3 N–H and O–H groups in total. The smallest absolute Gasteiger partial charge is 0.550 e. The van der Waals surface area contributed by atoms with Crippen molar-refractivity contribution in [3.63, 3.8) is 0 Å². The summed E-state index contributed by atoms with van der Waals surface area (Å²) in [6, 6.07) is 0. The maximum atomic E-state index is 10.9. The van der Waals surface area contributed by atoms with Gasteiger partial charge in [-0.2, -0.15) is 0 Å². The van der Waals surface area contributed by atoms with Crippen LogP contribution in [0.15, 0.2) is 0 Å². The van der Waals surface area contributed by atoms with E-state index in [9.17, 15) is 45.0 Å². The molecular weight excluding hydrogens is 551 g/mol. The molecule has 0 aliphatic heterocycles. The van der Waals surface area contributed by atoms with Gasteiger partial charge in [0.25, 0.3) is 0 Å². The van der Waals surface area contributed by atoms with E-state index in [2.05, 4.69) is 41.5 Å². The van der Waals surface area contributed by atoms with Crippen LogP contribution in [0.5, 0.6) is 0 Å². The van der Waals surface area contributed by atoms with Gasteiger partial charge < -0.3 is 45.0 Å². The summed E-state index contributed by atoms with van der Waals surface area (Å²) in [6.07, 6.45) is 3.72. The Morgan fingerprint density at radius 2 is 0.721 bits per heavy atom. The van der Waals surface area contributed by atoms with Crippen molar-refractivity contribution in [3.8, 4) is 0 Å². The molecule has 3 aliphatic carbocycles. The average Bonchev–Trinajstić information content (AvgIpc) is 2.83. The second-order valence-electron chi connectivity index (χ2n) is 15.2. The second kappa shape index (κ2) is 16.6. The van der Waals surface area contributed by atoms with E-state index < -0.39 is 52.5 Å². The van der Waals surface area contributed by atoms with Gasteiger partial charge in [0.05, 0.1) is 18.3 Å². The van der Waals surface area contributed by atoms with Crippen molar-refractivity contribution < 1.29 is 45.0 Å². The van der Waals surface area contributed by atoms with Crippen LogP contribution < -0.4 is 15.3 Å². The fourth-order valence-electron chi connectivity index (χ4n) is 7.07. The topological polar surface area (TPSA) is 181 Å². The molecule has 9 unspecified atom stereocenters. The van der Waals surface area contributed by atoms with E-state index in [1.165, 1.54) is 0 Å². The zero-order chi connectivity index (χ0) is 32.8. The molecule has 0 spiro atoms. The van der Waals surface area contributed by atoms with E-state index in [0.717, 1.165) is 19.3 Å². The van der Waals surface area contributed by atoms with Gasteiger partial charge >= 0.3 is 8.41 Å². The van der Waals surface area contributed by atoms with Crippen molar-refractivity contribution in [2.45, 2.75) is 138 Å². The monoisotopic (exact) mass is 608 g/mol. The van der Waals surface area contributed by atoms with E-state index in [0.29, 0.717) is 56.3 Å². The number of aliphatic carboxylic acids is 3. The quantitative estimate of drug-likeness (QED) is 0.375. The van der Waals surface area contributed by atoms with E-state index in [-0.39, 0.29) is 26.2 Å². The molecule has 10 heteroatoms. The van der Waals surface area contributed by atoms with Gasteiger partial charge in [0, 0.05) is 34.2 Å². The van der Waals surface area contributed by atoms with Crippen LogP contribution in [0.4, 0.5) is 0 Å². The van der Waals surface area contributed by atoms with Crippen LogP contribution in [0.3, 0.4) is 0 Å². The minimum absolute atomic E-state index is 0. The Morgan fingerprint density at radius 1 is 0.535 bits per heavy atom. The number of carboxylic acid groups (broad SMARTS) is 3. The predicted molar refractivity (Wildman–Crippen MR) is 160 cm³/mol. The Bertz CT molecular complexity index is 795. The van der Waals surface area contributed by atoms with Crippen LogP contribution in [-0.2, 0) is 14.4 Å². The van der Waals surface area contributed by atoms with E-state index in [1.54, 1.807) is 20.8 Å².